The lowest BCUT2D eigenvalue weighted by Gasteiger charge is -2.32. The van der Waals surface area contributed by atoms with Gasteiger partial charge in [-0.3, -0.25) is 9.88 Å². The third-order valence-corrected chi connectivity index (χ3v) is 3.98. The Morgan fingerprint density at radius 1 is 1.13 bits per heavy atom. The summed E-state index contributed by atoms with van der Waals surface area (Å²) in [5, 5.41) is 9.88. The highest BCUT2D eigenvalue weighted by Crippen LogP contribution is 2.16. The van der Waals surface area contributed by atoms with Gasteiger partial charge in [-0.1, -0.05) is 6.07 Å². The zero-order chi connectivity index (χ0) is 14.8. The Kier molecular flexibility index (Phi) is 7.22. The molecule has 1 fully saturated rings. The number of piperazine rings is 1. The van der Waals surface area contributed by atoms with E-state index in [1.54, 1.807) is 18.2 Å². The van der Waals surface area contributed by atoms with E-state index in [-0.39, 0.29) is 24.8 Å². The van der Waals surface area contributed by atoms with Crippen molar-refractivity contribution in [3.63, 3.8) is 0 Å². The largest absolute Gasteiger partial charge is 0.478 e. The molecule has 1 aromatic carbocycles. The minimum absolute atomic E-state index is 0. The molecule has 0 radical (unpaired) electrons. The Balaban J connectivity index is 0.00000132. The normalized spacial score (nSPS) is 15.7. The molecule has 5 nitrogen and oxygen atoms in total. The van der Waals surface area contributed by atoms with E-state index in [1.165, 1.54) is 0 Å². The highest BCUT2D eigenvalue weighted by atomic mass is 35.5. The van der Waals surface area contributed by atoms with Crippen molar-refractivity contribution in [2.45, 2.75) is 6.54 Å². The lowest BCUT2D eigenvalue weighted by Crippen LogP contribution is -2.43. The van der Waals surface area contributed by atoms with Crippen LogP contribution in [0.25, 0.3) is 10.9 Å². The van der Waals surface area contributed by atoms with Crippen LogP contribution in [0.3, 0.4) is 0 Å². The molecule has 1 N–H and O–H groups in total. The molecule has 1 saturated heterocycles. The molecule has 23 heavy (non-hydrogen) atoms. The minimum atomic E-state index is -0.904. The number of rotatable bonds is 3. The highest BCUT2D eigenvalue weighted by Gasteiger charge is 2.14. The van der Waals surface area contributed by atoms with Gasteiger partial charge in [0, 0.05) is 38.1 Å². The molecule has 1 aliphatic heterocycles. The number of carbonyl (C=O) groups is 1. The van der Waals surface area contributed by atoms with E-state index in [9.17, 15) is 4.79 Å². The van der Waals surface area contributed by atoms with E-state index in [4.69, 9.17) is 5.11 Å². The molecule has 126 valence electrons. The first-order valence-electron chi connectivity index (χ1n) is 7.16. The first-order valence-corrected chi connectivity index (χ1v) is 7.16. The summed E-state index contributed by atoms with van der Waals surface area (Å²) < 4.78 is 0. The summed E-state index contributed by atoms with van der Waals surface area (Å²) in [7, 11) is 2.14. The Hall–Kier alpha value is -1.40. The van der Waals surface area contributed by atoms with Crippen LogP contribution in [0.15, 0.2) is 30.3 Å². The van der Waals surface area contributed by atoms with Crippen LogP contribution >= 0.6 is 24.8 Å². The smallest absolute Gasteiger partial charge is 0.335 e. The van der Waals surface area contributed by atoms with Crippen LogP contribution in [0, 0.1) is 0 Å². The molecular formula is C16H21Cl2N3O2. The summed E-state index contributed by atoms with van der Waals surface area (Å²) in [4.78, 5) is 20.3. The molecule has 1 aromatic heterocycles. The number of aromatic carboxylic acids is 1. The first-order chi connectivity index (χ1) is 10.1. The van der Waals surface area contributed by atoms with Crippen LogP contribution < -0.4 is 0 Å². The molecule has 1 aliphatic rings. The van der Waals surface area contributed by atoms with Crippen molar-refractivity contribution in [1.82, 2.24) is 14.8 Å². The van der Waals surface area contributed by atoms with Gasteiger partial charge in [-0.2, -0.15) is 0 Å². The van der Waals surface area contributed by atoms with Crippen molar-refractivity contribution in [2.24, 2.45) is 0 Å². The fourth-order valence-electron chi connectivity index (χ4n) is 2.62. The maximum atomic E-state index is 11.0. The second-order valence-electron chi connectivity index (χ2n) is 5.59. The van der Waals surface area contributed by atoms with Gasteiger partial charge in [-0.15, -0.1) is 24.8 Å². The fraction of sp³-hybridized carbons (Fsp3) is 0.375. The van der Waals surface area contributed by atoms with E-state index in [1.807, 2.05) is 12.1 Å². The third kappa shape index (κ3) is 4.78. The standard InChI is InChI=1S/C16H19N3O2.2ClH/c1-18-6-8-19(9-7-18)11-14-4-2-12-10-13(16(20)21)3-5-15(12)17-14;;/h2-5,10H,6-9,11H2,1H3,(H,20,21);2*1H. The number of benzene rings is 1. The summed E-state index contributed by atoms with van der Waals surface area (Å²) in [6.07, 6.45) is 0. The van der Waals surface area contributed by atoms with Gasteiger partial charge in [0.25, 0.3) is 0 Å². The number of hydrogen-bond donors (Lipinski definition) is 1. The van der Waals surface area contributed by atoms with Gasteiger partial charge >= 0.3 is 5.97 Å². The van der Waals surface area contributed by atoms with Gasteiger partial charge in [-0.25, -0.2) is 4.79 Å². The molecule has 0 amide bonds. The summed E-state index contributed by atoms with van der Waals surface area (Å²) in [5.74, 6) is -0.904. The number of pyridine rings is 1. The number of likely N-dealkylation sites (N-methyl/N-ethyl adjacent to an activating group) is 1. The zero-order valence-corrected chi connectivity index (χ0v) is 14.6. The van der Waals surface area contributed by atoms with Gasteiger partial charge < -0.3 is 10.0 Å². The van der Waals surface area contributed by atoms with Crippen molar-refractivity contribution in [3.05, 3.63) is 41.6 Å². The summed E-state index contributed by atoms with van der Waals surface area (Å²) in [6.45, 7) is 5.16. The second-order valence-corrected chi connectivity index (χ2v) is 5.59. The Morgan fingerprint density at radius 2 is 1.83 bits per heavy atom. The quantitative estimate of drug-likeness (QED) is 0.914. The van der Waals surface area contributed by atoms with E-state index >= 15 is 0 Å². The average Bonchev–Trinajstić information content (AvgIpc) is 2.49. The average molecular weight is 358 g/mol. The van der Waals surface area contributed by atoms with Gasteiger partial charge in [0.15, 0.2) is 0 Å². The molecule has 2 heterocycles. The molecule has 0 spiro atoms. The van der Waals surface area contributed by atoms with E-state index in [2.05, 4.69) is 21.8 Å². The number of carboxylic acids is 1. The molecule has 0 saturated carbocycles. The van der Waals surface area contributed by atoms with Gasteiger partial charge in [0.05, 0.1) is 16.8 Å². The first kappa shape index (κ1) is 19.6. The molecule has 0 unspecified atom stereocenters. The Bertz CT molecular complexity index is 673. The number of nitrogens with zero attached hydrogens (tertiary/aromatic N) is 3. The van der Waals surface area contributed by atoms with Crippen molar-refractivity contribution in [3.8, 4) is 0 Å². The predicted molar refractivity (Wildman–Crippen MR) is 96.0 cm³/mol. The van der Waals surface area contributed by atoms with Gasteiger partial charge in [0.1, 0.15) is 0 Å². The van der Waals surface area contributed by atoms with E-state index in [0.29, 0.717) is 5.56 Å². The van der Waals surface area contributed by atoms with Crippen LogP contribution in [-0.2, 0) is 6.54 Å². The topological polar surface area (TPSA) is 56.7 Å². The number of hydrogen-bond acceptors (Lipinski definition) is 4. The number of aromatic nitrogens is 1. The summed E-state index contributed by atoms with van der Waals surface area (Å²) in [6, 6.07) is 9.01. The number of halogens is 2. The van der Waals surface area contributed by atoms with Gasteiger partial charge in [0.2, 0.25) is 0 Å². The molecule has 0 atom stereocenters. The fourth-order valence-corrected chi connectivity index (χ4v) is 2.62. The second kappa shape index (κ2) is 8.45. The van der Waals surface area contributed by atoms with Crippen LogP contribution in [0.5, 0.6) is 0 Å². The van der Waals surface area contributed by atoms with Gasteiger partial charge in [-0.05, 0) is 31.3 Å². The highest BCUT2D eigenvalue weighted by molar-refractivity contribution is 5.93. The molecular weight excluding hydrogens is 337 g/mol. The predicted octanol–water partition coefficient (Wildman–Crippen LogP) is 2.52. The maximum Gasteiger partial charge on any atom is 0.335 e. The van der Waals surface area contributed by atoms with Crippen molar-refractivity contribution in [2.75, 3.05) is 33.2 Å². The molecule has 3 rings (SSSR count). The van der Waals surface area contributed by atoms with E-state index in [0.717, 1.165) is 49.3 Å². The number of carboxylic acid groups (broad SMARTS) is 1. The van der Waals surface area contributed by atoms with Crippen molar-refractivity contribution < 1.29 is 9.90 Å². The lowest BCUT2D eigenvalue weighted by molar-refractivity contribution is 0.0697. The SMILES string of the molecule is CN1CCN(Cc2ccc3cc(C(=O)O)ccc3n2)CC1.Cl.Cl. The van der Waals surface area contributed by atoms with Crippen LogP contribution in [0.1, 0.15) is 16.1 Å². The monoisotopic (exact) mass is 357 g/mol. The van der Waals surface area contributed by atoms with Crippen LogP contribution in [-0.4, -0.2) is 59.1 Å². The van der Waals surface area contributed by atoms with Crippen molar-refractivity contribution >= 4 is 41.7 Å². The maximum absolute atomic E-state index is 11.0. The Morgan fingerprint density at radius 3 is 2.48 bits per heavy atom. The van der Waals surface area contributed by atoms with Crippen molar-refractivity contribution in [1.29, 1.82) is 0 Å². The molecule has 0 aliphatic carbocycles. The summed E-state index contributed by atoms with van der Waals surface area (Å²) in [5.41, 5.74) is 2.19. The van der Waals surface area contributed by atoms with Crippen LogP contribution in [0.2, 0.25) is 0 Å². The van der Waals surface area contributed by atoms with E-state index < -0.39 is 5.97 Å². The van der Waals surface area contributed by atoms with Crippen LogP contribution in [0.4, 0.5) is 0 Å². The molecule has 0 bridgehead atoms. The third-order valence-electron chi connectivity index (χ3n) is 3.98. The summed E-state index contributed by atoms with van der Waals surface area (Å²) >= 11 is 0. The number of fused-ring (bicyclic) bond motifs is 1. The minimum Gasteiger partial charge on any atom is -0.478 e. The Labute approximate surface area is 148 Å². The zero-order valence-electron chi connectivity index (χ0n) is 12.9. The molecule has 2 aromatic rings. The lowest BCUT2D eigenvalue weighted by atomic mass is 10.1. The molecule has 7 heteroatoms.